The molecular formula is C23H26N6O4. The first-order valence-electron chi connectivity index (χ1n) is 10.9. The number of rotatable bonds is 5. The smallest absolute Gasteiger partial charge is 0.349 e. The van der Waals surface area contributed by atoms with Gasteiger partial charge in [-0.2, -0.15) is 14.9 Å². The van der Waals surface area contributed by atoms with Gasteiger partial charge in [0.2, 0.25) is 5.69 Å². The Bertz CT molecular complexity index is 1390. The van der Waals surface area contributed by atoms with Crippen molar-refractivity contribution < 1.29 is 4.79 Å². The van der Waals surface area contributed by atoms with Gasteiger partial charge < -0.3 is 5.73 Å². The third-order valence-corrected chi connectivity index (χ3v) is 6.49. The van der Waals surface area contributed by atoms with Crippen molar-refractivity contribution in [2.45, 2.75) is 52.4 Å². The van der Waals surface area contributed by atoms with Gasteiger partial charge in [0.25, 0.3) is 17.0 Å². The van der Waals surface area contributed by atoms with E-state index in [9.17, 15) is 19.2 Å². The van der Waals surface area contributed by atoms with Crippen LogP contribution in [0.4, 0.5) is 0 Å². The molecule has 10 heteroatoms. The molecule has 33 heavy (non-hydrogen) atoms. The van der Waals surface area contributed by atoms with Crippen LogP contribution in [0.25, 0.3) is 5.69 Å². The zero-order valence-corrected chi connectivity index (χ0v) is 18.8. The van der Waals surface area contributed by atoms with Crippen molar-refractivity contribution in [3.8, 4) is 5.69 Å². The van der Waals surface area contributed by atoms with E-state index in [0.29, 0.717) is 18.0 Å². The summed E-state index contributed by atoms with van der Waals surface area (Å²) in [5.74, 6) is -0.304. The topological polar surface area (TPSA) is 157 Å². The third-order valence-electron chi connectivity index (χ3n) is 6.49. The van der Waals surface area contributed by atoms with E-state index in [2.05, 4.69) is 27.2 Å². The SMILES string of the molecule is Cc1cc(-n2nc(C(N)=O)c(=O)[nH]c2=O)cc(C)c1Cc1cc(C2CCCC2C)c(=O)[nH]n1. The predicted molar refractivity (Wildman–Crippen MR) is 122 cm³/mol. The molecule has 10 nitrogen and oxygen atoms in total. The molecule has 1 aliphatic carbocycles. The van der Waals surface area contributed by atoms with Crippen LogP contribution in [0.5, 0.6) is 0 Å². The van der Waals surface area contributed by atoms with Gasteiger partial charge in [-0.3, -0.25) is 19.4 Å². The molecule has 1 saturated carbocycles. The van der Waals surface area contributed by atoms with Gasteiger partial charge in [0.15, 0.2) is 0 Å². The lowest BCUT2D eigenvalue weighted by molar-refractivity contribution is 0.0992. The number of carbonyl (C=O) groups is 1. The lowest BCUT2D eigenvalue weighted by Crippen LogP contribution is -2.37. The largest absolute Gasteiger partial charge is 0.364 e. The molecule has 1 aromatic carbocycles. The summed E-state index contributed by atoms with van der Waals surface area (Å²) in [6.07, 6.45) is 3.76. The number of H-pyrrole nitrogens is 2. The number of aromatic amines is 2. The van der Waals surface area contributed by atoms with E-state index >= 15 is 0 Å². The van der Waals surface area contributed by atoms with Gasteiger partial charge in [0, 0.05) is 12.0 Å². The molecule has 2 unspecified atom stereocenters. The Kier molecular flexibility index (Phi) is 5.84. The second-order valence-electron chi connectivity index (χ2n) is 8.78. The molecule has 1 aliphatic rings. The minimum absolute atomic E-state index is 0.130. The van der Waals surface area contributed by atoms with E-state index in [1.807, 2.05) is 19.9 Å². The Labute approximate surface area is 188 Å². The summed E-state index contributed by atoms with van der Waals surface area (Å²) in [4.78, 5) is 50.0. The molecule has 3 aromatic rings. The maximum atomic E-state index is 12.4. The van der Waals surface area contributed by atoms with Crippen molar-refractivity contribution in [1.29, 1.82) is 0 Å². The first kappa shape index (κ1) is 22.4. The molecule has 0 bridgehead atoms. The van der Waals surface area contributed by atoms with Crippen LogP contribution < -0.4 is 22.5 Å². The molecular weight excluding hydrogens is 424 g/mol. The number of nitrogens with one attached hydrogen (secondary N) is 2. The molecule has 0 radical (unpaired) electrons. The zero-order chi connectivity index (χ0) is 23.9. The van der Waals surface area contributed by atoms with Crippen molar-refractivity contribution in [3.05, 3.63) is 83.0 Å². The number of amides is 1. The number of nitrogens with zero attached hydrogens (tertiary/aromatic N) is 3. The molecule has 0 saturated heterocycles. The van der Waals surface area contributed by atoms with E-state index in [1.54, 1.807) is 12.1 Å². The highest BCUT2D eigenvalue weighted by molar-refractivity contribution is 5.90. The van der Waals surface area contributed by atoms with Gasteiger partial charge in [-0.05, 0) is 67.0 Å². The number of primary amides is 1. The zero-order valence-electron chi connectivity index (χ0n) is 18.8. The monoisotopic (exact) mass is 450 g/mol. The van der Waals surface area contributed by atoms with Gasteiger partial charge in [-0.15, -0.1) is 0 Å². The van der Waals surface area contributed by atoms with E-state index in [0.717, 1.165) is 51.9 Å². The van der Waals surface area contributed by atoms with Crippen LogP contribution in [0.1, 0.15) is 70.5 Å². The lowest BCUT2D eigenvalue weighted by Gasteiger charge is -2.16. The molecule has 172 valence electrons. The normalized spacial score (nSPS) is 17.9. The van der Waals surface area contributed by atoms with Crippen LogP contribution in [-0.2, 0) is 6.42 Å². The number of nitrogens with two attached hydrogens (primary N) is 1. The average Bonchev–Trinajstić information content (AvgIpc) is 3.17. The standard InChI is InChI=1S/C23H26N6O4/c1-11-5-4-6-16(11)18-10-14(26-27-21(18)31)9-17-12(2)7-15(8-13(17)3)29-23(33)25-22(32)19(28-29)20(24)30/h7-8,10-11,16H,4-6,9H2,1-3H3,(H2,24,30)(H,27,31)(H,25,32,33). The molecule has 2 heterocycles. The summed E-state index contributed by atoms with van der Waals surface area (Å²) in [5, 5.41) is 10.7. The van der Waals surface area contributed by atoms with Gasteiger partial charge in [0.05, 0.1) is 11.4 Å². The van der Waals surface area contributed by atoms with E-state index in [-0.39, 0.29) is 11.5 Å². The van der Waals surface area contributed by atoms with Crippen molar-refractivity contribution in [1.82, 2.24) is 25.0 Å². The van der Waals surface area contributed by atoms with Gasteiger partial charge in [-0.1, -0.05) is 19.8 Å². The summed E-state index contributed by atoms with van der Waals surface area (Å²) in [6.45, 7) is 5.97. The Morgan fingerprint density at radius 1 is 1.12 bits per heavy atom. The fourth-order valence-electron chi connectivity index (χ4n) is 4.73. The van der Waals surface area contributed by atoms with Crippen LogP contribution in [0.15, 0.2) is 32.6 Å². The van der Waals surface area contributed by atoms with Crippen molar-refractivity contribution in [2.24, 2.45) is 11.7 Å². The second kappa shape index (κ2) is 8.61. The Balaban J connectivity index is 1.71. The molecule has 4 N–H and O–H groups in total. The Hall–Kier alpha value is -3.82. The molecule has 1 amide bonds. The molecule has 4 rings (SSSR count). The summed E-state index contributed by atoms with van der Waals surface area (Å²) >= 11 is 0. The van der Waals surface area contributed by atoms with Crippen LogP contribution >= 0.6 is 0 Å². The van der Waals surface area contributed by atoms with Crippen LogP contribution in [-0.4, -0.2) is 30.9 Å². The first-order valence-corrected chi connectivity index (χ1v) is 10.9. The van der Waals surface area contributed by atoms with Crippen LogP contribution in [0, 0.1) is 19.8 Å². The van der Waals surface area contributed by atoms with Gasteiger partial charge >= 0.3 is 5.69 Å². The molecule has 2 atom stereocenters. The highest BCUT2D eigenvalue weighted by atomic mass is 16.2. The summed E-state index contributed by atoms with van der Waals surface area (Å²) < 4.78 is 0.948. The highest BCUT2D eigenvalue weighted by Crippen LogP contribution is 2.38. The van der Waals surface area contributed by atoms with E-state index < -0.39 is 22.9 Å². The first-order chi connectivity index (χ1) is 15.7. The second-order valence-corrected chi connectivity index (χ2v) is 8.78. The molecule has 1 fully saturated rings. The number of aryl methyl sites for hydroxylation is 2. The van der Waals surface area contributed by atoms with Crippen molar-refractivity contribution in [3.63, 3.8) is 0 Å². The number of benzene rings is 1. The summed E-state index contributed by atoms with van der Waals surface area (Å²) in [7, 11) is 0. The van der Waals surface area contributed by atoms with Crippen molar-refractivity contribution >= 4 is 5.91 Å². The highest BCUT2D eigenvalue weighted by Gasteiger charge is 2.27. The van der Waals surface area contributed by atoms with Crippen LogP contribution in [0.2, 0.25) is 0 Å². The van der Waals surface area contributed by atoms with E-state index in [4.69, 9.17) is 5.73 Å². The Morgan fingerprint density at radius 2 is 1.82 bits per heavy atom. The number of hydrogen-bond acceptors (Lipinski definition) is 6. The summed E-state index contributed by atoms with van der Waals surface area (Å²) in [6, 6.07) is 5.39. The van der Waals surface area contributed by atoms with Crippen LogP contribution in [0.3, 0.4) is 0 Å². The lowest BCUT2D eigenvalue weighted by atomic mass is 9.90. The fraction of sp³-hybridized carbons (Fsp3) is 0.391. The van der Waals surface area contributed by atoms with Gasteiger partial charge in [0.1, 0.15) is 0 Å². The summed E-state index contributed by atoms with van der Waals surface area (Å²) in [5.41, 5.74) is 7.51. The van der Waals surface area contributed by atoms with Crippen molar-refractivity contribution in [2.75, 3.05) is 0 Å². The average molecular weight is 450 g/mol. The Morgan fingerprint density at radius 3 is 2.42 bits per heavy atom. The molecule has 2 aromatic heterocycles. The maximum absolute atomic E-state index is 12.4. The third kappa shape index (κ3) is 4.28. The van der Waals surface area contributed by atoms with E-state index in [1.165, 1.54) is 0 Å². The van der Waals surface area contributed by atoms with Gasteiger partial charge in [-0.25, -0.2) is 9.89 Å². The number of aromatic nitrogens is 5. The molecule has 0 aliphatic heterocycles. The maximum Gasteiger partial charge on any atom is 0.349 e. The minimum Gasteiger partial charge on any atom is -0.364 e. The quantitative estimate of drug-likeness (QED) is 0.530. The molecule has 0 spiro atoms. The predicted octanol–water partition coefficient (Wildman–Crippen LogP) is 1.21. The minimum atomic E-state index is -1.02. The fourth-order valence-corrected chi connectivity index (χ4v) is 4.73. The number of carbonyl (C=O) groups excluding carboxylic acids is 1. The number of hydrogen-bond donors (Lipinski definition) is 3.